The van der Waals surface area contributed by atoms with Crippen LogP contribution < -0.4 is 0 Å². The van der Waals surface area contributed by atoms with Gasteiger partial charge in [-0.3, -0.25) is 0 Å². The molecule has 0 radical (unpaired) electrons. The molecule has 112 valence electrons. The maximum atomic E-state index is 12.6. The van der Waals surface area contributed by atoms with E-state index in [-0.39, 0.29) is 4.90 Å². The third-order valence-electron chi connectivity index (χ3n) is 3.82. The summed E-state index contributed by atoms with van der Waals surface area (Å²) in [6.07, 6.45) is 6.39. The molecule has 3 rings (SSSR count). The fourth-order valence-electron chi connectivity index (χ4n) is 2.43. The van der Waals surface area contributed by atoms with Crippen molar-refractivity contribution in [1.82, 2.24) is 19.1 Å². The maximum Gasteiger partial charge on any atom is 0.246 e. The van der Waals surface area contributed by atoms with Crippen LogP contribution in [0.4, 0.5) is 0 Å². The topological polar surface area (TPSA) is 68.1 Å². The van der Waals surface area contributed by atoms with Crippen LogP contribution in [0.1, 0.15) is 19.8 Å². The van der Waals surface area contributed by atoms with Crippen molar-refractivity contribution in [2.24, 2.45) is 5.92 Å². The van der Waals surface area contributed by atoms with E-state index in [4.69, 9.17) is 0 Å². The lowest BCUT2D eigenvalue weighted by atomic mass is 10.0. The molecule has 3 heterocycles. The Bertz CT molecular complexity index is 704. The largest absolute Gasteiger partial charge is 0.246 e. The minimum absolute atomic E-state index is 0.225. The first-order valence-electron chi connectivity index (χ1n) is 7.03. The van der Waals surface area contributed by atoms with Gasteiger partial charge >= 0.3 is 0 Å². The van der Waals surface area contributed by atoms with Crippen LogP contribution in [0.2, 0.25) is 0 Å². The molecule has 0 spiro atoms. The van der Waals surface area contributed by atoms with Gasteiger partial charge in [-0.1, -0.05) is 13.0 Å². The van der Waals surface area contributed by atoms with Crippen molar-refractivity contribution in [3.05, 3.63) is 36.8 Å². The van der Waals surface area contributed by atoms with Gasteiger partial charge in [0.25, 0.3) is 0 Å². The Kier molecular flexibility index (Phi) is 3.77. The molecule has 7 heteroatoms. The van der Waals surface area contributed by atoms with Gasteiger partial charge in [-0.25, -0.2) is 18.1 Å². The van der Waals surface area contributed by atoms with Crippen LogP contribution in [0.3, 0.4) is 0 Å². The molecule has 0 amide bonds. The number of hydrogen-bond donors (Lipinski definition) is 0. The molecule has 21 heavy (non-hydrogen) atoms. The molecule has 0 saturated carbocycles. The zero-order valence-electron chi connectivity index (χ0n) is 11.9. The Labute approximate surface area is 124 Å². The smallest absolute Gasteiger partial charge is 0.237 e. The second-order valence-electron chi connectivity index (χ2n) is 5.40. The zero-order chi connectivity index (χ0) is 14.9. The maximum absolute atomic E-state index is 12.6. The predicted molar refractivity (Wildman–Crippen MR) is 78.5 cm³/mol. The van der Waals surface area contributed by atoms with E-state index in [2.05, 4.69) is 17.0 Å². The minimum Gasteiger partial charge on any atom is -0.237 e. The van der Waals surface area contributed by atoms with E-state index < -0.39 is 10.0 Å². The molecule has 0 unspecified atom stereocenters. The first kappa shape index (κ1) is 14.2. The average molecular weight is 306 g/mol. The van der Waals surface area contributed by atoms with Crippen LogP contribution >= 0.6 is 0 Å². The molecule has 0 aliphatic carbocycles. The molecule has 6 nitrogen and oxygen atoms in total. The molecule has 0 bridgehead atoms. The summed E-state index contributed by atoms with van der Waals surface area (Å²) in [5.41, 5.74) is 0. The molecule has 1 aliphatic heterocycles. The Morgan fingerprint density at radius 3 is 2.67 bits per heavy atom. The van der Waals surface area contributed by atoms with Crippen LogP contribution in [-0.2, 0) is 10.0 Å². The van der Waals surface area contributed by atoms with E-state index in [0.717, 1.165) is 12.8 Å². The van der Waals surface area contributed by atoms with Crippen LogP contribution in [0.25, 0.3) is 5.82 Å². The average Bonchev–Trinajstić information content (AvgIpc) is 2.99. The zero-order valence-corrected chi connectivity index (χ0v) is 12.7. The highest BCUT2D eigenvalue weighted by Crippen LogP contribution is 2.23. The van der Waals surface area contributed by atoms with E-state index in [1.54, 1.807) is 22.6 Å². The SMILES string of the molecule is CC1CCN(S(=O)(=O)c2cnn(-c3ccccn3)c2)CC1. The summed E-state index contributed by atoms with van der Waals surface area (Å²) in [4.78, 5) is 4.38. The highest BCUT2D eigenvalue weighted by atomic mass is 32.2. The van der Waals surface area contributed by atoms with Gasteiger partial charge in [0.1, 0.15) is 4.90 Å². The van der Waals surface area contributed by atoms with Crippen LogP contribution in [0.5, 0.6) is 0 Å². The normalized spacial score (nSPS) is 18.0. The lowest BCUT2D eigenvalue weighted by Crippen LogP contribution is -2.37. The van der Waals surface area contributed by atoms with Crippen LogP contribution in [0.15, 0.2) is 41.7 Å². The quantitative estimate of drug-likeness (QED) is 0.865. The Hall–Kier alpha value is -1.73. The molecule has 1 saturated heterocycles. The van der Waals surface area contributed by atoms with Gasteiger partial charge in [-0.15, -0.1) is 0 Å². The summed E-state index contributed by atoms with van der Waals surface area (Å²) in [6.45, 7) is 3.32. The monoisotopic (exact) mass is 306 g/mol. The van der Waals surface area contributed by atoms with Gasteiger partial charge < -0.3 is 0 Å². The molecule has 0 N–H and O–H groups in total. The van der Waals surface area contributed by atoms with Crippen molar-refractivity contribution < 1.29 is 8.42 Å². The molecular formula is C14H18N4O2S. The van der Waals surface area contributed by atoms with E-state index in [0.29, 0.717) is 24.8 Å². The van der Waals surface area contributed by atoms with Gasteiger partial charge in [0, 0.05) is 19.3 Å². The number of aromatic nitrogens is 3. The van der Waals surface area contributed by atoms with E-state index in [1.165, 1.54) is 17.1 Å². The molecule has 2 aromatic heterocycles. The number of sulfonamides is 1. The van der Waals surface area contributed by atoms with Crippen molar-refractivity contribution in [1.29, 1.82) is 0 Å². The Morgan fingerprint density at radius 2 is 2.00 bits per heavy atom. The van der Waals surface area contributed by atoms with Gasteiger partial charge in [0.05, 0.1) is 12.4 Å². The number of nitrogens with zero attached hydrogens (tertiary/aromatic N) is 4. The summed E-state index contributed by atoms with van der Waals surface area (Å²) < 4.78 is 28.2. The van der Waals surface area contributed by atoms with Crippen molar-refractivity contribution in [2.45, 2.75) is 24.7 Å². The van der Waals surface area contributed by atoms with E-state index in [1.807, 2.05) is 6.07 Å². The molecule has 1 aliphatic rings. The standard InChI is InChI=1S/C14H18N4O2S/c1-12-5-8-17(9-6-12)21(19,20)13-10-16-18(11-13)14-4-2-3-7-15-14/h2-4,7,10-12H,5-6,8-9H2,1H3. The van der Waals surface area contributed by atoms with Gasteiger partial charge in [-0.2, -0.15) is 9.40 Å². The predicted octanol–water partition coefficient (Wildman–Crippen LogP) is 1.69. The first-order chi connectivity index (χ1) is 10.1. The number of piperidine rings is 1. The second-order valence-corrected chi connectivity index (χ2v) is 7.33. The number of pyridine rings is 1. The van der Waals surface area contributed by atoms with Crippen LogP contribution in [-0.4, -0.2) is 40.6 Å². The number of hydrogen-bond acceptors (Lipinski definition) is 4. The van der Waals surface area contributed by atoms with Gasteiger partial charge in [0.15, 0.2) is 5.82 Å². The lowest BCUT2D eigenvalue weighted by molar-refractivity contribution is 0.288. The minimum atomic E-state index is -3.45. The lowest BCUT2D eigenvalue weighted by Gasteiger charge is -2.28. The van der Waals surface area contributed by atoms with Crippen molar-refractivity contribution in [2.75, 3.05) is 13.1 Å². The summed E-state index contributed by atoms with van der Waals surface area (Å²) in [6, 6.07) is 5.43. The highest BCUT2D eigenvalue weighted by molar-refractivity contribution is 7.89. The molecular weight excluding hydrogens is 288 g/mol. The summed E-state index contributed by atoms with van der Waals surface area (Å²) in [5.74, 6) is 1.19. The van der Waals surface area contributed by atoms with Crippen molar-refractivity contribution >= 4 is 10.0 Å². The van der Waals surface area contributed by atoms with Crippen molar-refractivity contribution in [3.8, 4) is 5.82 Å². The third kappa shape index (κ3) is 2.84. The molecule has 0 atom stereocenters. The highest BCUT2D eigenvalue weighted by Gasteiger charge is 2.29. The summed E-state index contributed by atoms with van der Waals surface area (Å²) in [5, 5.41) is 4.11. The first-order valence-corrected chi connectivity index (χ1v) is 8.47. The van der Waals surface area contributed by atoms with Crippen LogP contribution in [0, 0.1) is 5.92 Å². The van der Waals surface area contributed by atoms with Crippen molar-refractivity contribution in [3.63, 3.8) is 0 Å². The Morgan fingerprint density at radius 1 is 1.24 bits per heavy atom. The molecule has 2 aromatic rings. The van der Waals surface area contributed by atoms with E-state index >= 15 is 0 Å². The fourth-order valence-corrected chi connectivity index (χ4v) is 3.83. The fraction of sp³-hybridized carbons (Fsp3) is 0.429. The van der Waals surface area contributed by atoms with Gasteiger partial charge in [-0.05, 0) is 30.9 Å². The third-order valence-corrected chi connectivity index (χ3v) is 5.67. The molecule has 1 fully saturated rings. The van der Waals surface area contributed by atoms with Gasteiger partial charge in [0.2, 0.25) is 10.0 Å². The Balaban J connectivity index is 1.85. The van der Waals surface area contributed by atoms with E-state index in [9.17, 15) is 8.42 Å². The summed E-state index contributed by atoms with van der Waals surface area (Å²) >= 11 is 0. The number of rotatable bonds is 3. The summed E-state index contributed by atoms with van der Waals surface area (Å²) in [7, 11) is -3.45. The second kappa shape index (κ2) is 5.57. The molecule has 0 aromatic carbocycles.